The molecule has 0 amide bonds. The minimum atomic E-state index is 0.218. The summed E-state index contributed by atoms with van der Waals surface area (Å²) in [7, 11) is 0. The molecule has 3 rings (SSSR count). The third-order valence-corrected chi connectivity index (χ3v) is 5.21. The van der Waals surface area contributed by atoms with E-state index in [1.165, 1.54) is 44.1 Å². The smallest absolute Gasteiger partial charge is 0.124 e. The highest BCUT2D eigenvalue weighted by Crippen LogP contribution is 2.27. The maximum atomic E-state index is 6.12. The lowest BCUT2D eigenvalue weighted by atomic mass is 9.85. The van der Waals surface area contributed by atoms with Gasteiger partial charge in [0.2, 0.25) is 0 Å². The monoisotopic (exact) mass is 317 g/mol. The molecule has 0 aromatic heterocycles. The molecule has 0 spiro atoms. The molecule has 128 valence electrons. The van der Waals surface area contributed by atoms with E-state index in [0.717, 1.165) is 37.8 Å². The minimum Gasteiger partial charge on any atom is -0.488 e. The Balaban J connectivity index is 1.48. The SMILES string of the molecule is C[C@@H](CC1CCCCC1)NCc1ccccc1OC1CCOC1. The zero-order valence-corrected chi connectivity index (χ0v) is 14.4. The van der Waals surface area contributed by atoms with Crippen molar-refractivity contribution in [2.24, 2.45) is 5.92 Å². The summed E-state index contributed by atoms with van der Waals surface area (Å²) in [5, 5.41) is 3.70. The molecule has 3 heteroatoms. The van der Waals surface area contributed by atoms with E-state index in [1.807, 2.05) is 0 Å². The summed E-state index contributed by atoms with van der Waals surface area (Å²) in [6, 6.07) is 8.98. The number of ether oxygens (including phenoxy) is 2. The van der Waals surface area contributed by atoms with E-state index in [4.69, 9.17) is 9.47 Å². The fraction of sp³-hybridized carbons (Fsp3) is 0.700. The molecule has 1 heterocycles. The van der Waals surface area contributed by atoms with Crippen molar-refractivity contribution in [1.82, 2.24) is 5.32 Å². The van der Waals surface area contributed by atoms with Crippen molar-refractivity contribution in [2.45, 2.75) is 70.6 Å². The van der Waals surface area contributed by atoms with E-state index in [2.05, 4.69) is 36.5 Å². The van der Waals surface area contributed by atoms with Gasteiger partial charge < -0.3 is 14.8 Å². The van der Waals surface area contributed by atoms with Gasteiger partial charge in [0.25, 0.3) is 0 Å². The van der Waals surface area contributed by atoms with Crippen LogP contribution in [0.25, 0.3) is 0 Å². The van der Waals surface area contributed by atoms with Gasteiger partial charge in [-0.3, -0.25) is 0 Å². The number of benzene rings is 1. The van der Waals surface area contributed by atoms with Crippen molar-refractivity contribution >= 4 is 0 Å². The van der Waals surface area contributed by atoms with Gasteiger partial charge in [-0.1, -0.05) is 50.3 Å². The quantitative estimate of drug-likeness (QED) is 0.813. The molecule has 1 aliphatic heterocycles. The van der Waals surface area contributed by atoms with E-state index >= 15 is 0 Å². The molecule has 1 unspecified atom stereocenters. The standard InChI is InChI=1S/C20H31NO2/c1-16(13-17-7-3-2-4-8-17)21-14-18-9-5-6-10-20(18)23-19-11-12-22-15-19/h5-6,9-10,16-17,19,21H,2-4,7-8,11-15H2,1H3/t16-,19?/m0/s1. The molecular weight excluding hydrogens is 286 g/mol. The average Bonchev–Trinajstić information content (AvgIpc) is 3.08. The molecule has 1 aromatic rings. The Morgan fingerprint density at radius 2 is 2.00 bits per heavy atom. The third-order valence-electron chi connectivity index (χ3n) is 5.21. The zero-order chi connectivity index (χ0) is 15.9. The summed E-state index contributed by atoms with van der Waals surface area (Å²) >= 11 is 0. The van der Waals surface area contributed by atoms with Crippen molar-refractivity contribution in [3.63, 3.8) is 0 Å². The number of para-hydroxylation sites is 1. The third kappa shape index (κ3) is 5.22. The molecule has 0 radical (unpaired) electrons. The Labute approximate surface area is 140 Å². The lowest BCUT2D eigenvalue weighted by Crippen LogP contribution is -2.29. The second kappa shape index (κ2) is 8.70. The van der Waals surface area contributed by atoms with Crippen LogP contribution in [0.2, 0.25) is 0 Å². The van der Waals surface area contributed by atoms with Crippen LogP contribution in [0.3, 0.4) is 0 Å². The highest BCUT2D eigenvalue weighted by Gasteiger charge is 2.19. The molecule has 1 aromatic carbocycles. The van der Waals surface area contributed by atoms with Crippen LogP contribution in [-0.4, -0.2) is 25.4 Å². The Hall–Kier alpha value is -1.06. The molecule has 2 aliphatic rings. The Kier molecular flexibility index (Phi) is 6.35. The normalized spacial score (nSPS) is 23.8. The molecule has 2 atom stereocenters. The lowest BCUT2D eigenvalue weighted by molar-refractivity contribution is 0.140. The molecule has 1 N–H and O–H groups in total. The van der Waals surface area contributed by atoms with Crippen LogP contribution in [0.1, 0.15) is 57.4 Å². The van der Waals surface area contributed by atoms with Gasteiger partial charge in [0.05, 0.1) is 13.2 Å². The summed E-state index contributed by atoms with van der Waals surface area (Å²) in [6.45, 7) is 4.75. The molecule has 1 saturated heterocycles. The van der Waals surface area contributed by atoms with Crippen LogP contribution < -0.4 is 10.1 Å². The Bertz CT molecular complexity index is 464. The van der Waals surface area contributed by atoms with E-state index in [-0.39, 0.29) is 6.10 Å². The van der Waals surface area contributed by atoms with Crippen LogP contribution in [-0.2, 0) is 11.3 Å². The van der Waals surface area contributed by atoms with Gasteiger partial charge in [-0.15, -0.1) is 0 Å². The highest BCUT2D eigenvalue weighted by molar-refractivity contribution is 5.33. The summed E-state index contributed by atoms with van der Waals surface area (Å²) in [5.41, 5.74) is 1.26. The van der Waals surface area contributed by atoms with Gasteiger partial charge in [-0.2, -0.15) is 0 Å². The second-order valence-corrected chi connectivity index (χ2v) is 7.23. The van der Waals surface area contributed by atoms with E-state index < -0.39 is 0 Å². The molecule has 3 nitrogen and oxygen atoms in total. The number of hydrogen-bond donors (Lipinski definition) is 1. The summed E-state index contributed by atoms with van der Waals surface area (Å²) in [5.74, 6) is 1.94. The lowest BCUT2D eigenvalue weighted by Gasteiger charge is -2.25. The van der Waals surface area contributed by atoms with Gasteiger partial charge >= 0.3 is 0 Å². The fourth-order valence-electron chi connectivity index (χ4n) is 3.84. The maximum Gasteiger partial charge on any atom is 0.124 e. The van der Waals surface area contributed by atoms with Gasteiger partial charge in [-0.05, 0) is 25.3 Å². The number of hydrogen-bond acceptors (Lipinski definition) is 3. The second-order valence-electron chi connectivity index (χ2n) is 7.23. The molecule has 2 fully saturated rings. The fourth-order valence-corrected chi connectivity index (χ4v) is 3.84. The molecular formula is C20H31NO2. The highest BCUT2D eigenvalue weighted by atomic mass is 16.5. The number of nitrogens with one attached hydrogen (secondary N) is 1. The van der Waals surface area contributed by atoms with Crippen LogP contribution in [0.5, 0.6) is 5.75 Å². The van der Waals surface area contributed by atoms with E-state index in [9.17, 15) is 0 Å². The summed E-state index contributed by atoms with van der Waals surface area (Å²) < 4.78 is 11.5. The molecule has 1 saturated carbocycles. The minimum absolute atomic E-state index is 0.218. The van der Waals surface area contributed by atoms with Crippen molar-refractivity contribution < 1.29 is 9.47 Å². The van der Waals surface area contributed by atoms with Crippen molar-refractivity contribution in [2.75, 3.05) is 13.2 Å². The van der Waals surface area contributed by atoms with E-state index in [1.54, 1.807) is 0 Å². The van der Waals surface area contributed by atoms with Gasteiger partial charge in [-0.25, -0.2) is 0 Å². The molecule has 23 heavy (non-hydrogen) atoms. The van der Waals surface area contributed by atoms with Gasteiger partial charge in [0.15, 0.2) is 0 Å². The first-order valence-electron chi connectivity index (χ1n) is 9.37. The average molecular weight is 317 g/mol. The zero-order valence-electron chi connectivity index (χ0n) is 14.4. The van der Waals surface area contributed by atoms with Crippen LogP contribution >= 0.6 is 0 Å². The maximum absolute atomic E-state index is 6.12. The van der Waals surface area contributed by atoms with Crippen LogP contribution in [0.4, 0.5) is 0 Å². The Morgan fingerprint density at radius 1 is 1.17 bits per heavy atom. The number of rotatable bonds is 7. The molecule has 0 bridgehead atoms. The van der Waals surface area contributed by atoms with Crippen LogP contribution in [0.15, 0.2) is 24.3 Å². The molecule has 1 aliphatic carbocycles. The van der Waals surface area contributed by atoms with Crippen molar-refractivity contribution in [3.05, 3.63) is 29.8 Å². The van der Waals surface area contributed by atoms with Crippen molar-refractivity contribution in [3.8, 4) is 5.75 Å². The Morgan fingerprint density at radius 3 is 2.78 bits per heavy atom. The van der Waals surface area contributed by atoms with Crippen LogP contribution in [0, 0.1) is 5.92 Å². The van der Waals surface area contributed by atoms with Gasteiger partial charge in [0, 0.05) is 24.6 Å². The first-order valence-corrected chi connectivity index (χ1v) is 9.37. The van der Waals surface area contributed by atoms with E-state index in [0.29, 0.717) is 6.04 Å². The summed E-state index contributed by atoms with van der Waals surface area (Å²) in [4.78, 5) is 0. The first kappa shape index (κ1) is 16.8. The summed E-state index contributed by atoms with van der Waals surface area (Å²) in [6.07, 6.45) is 9.67. The predicted molar refractivity (Wildman–Crippen MR) is 93.8 cm³/mol. The largest absolute Gasteiger partial charge is 0.488 e. The van der Waals surface area contributed by atoms with Crippen molar-refractivity contribution in [1.29, 1.82) is 0 Å². The topological polar surface area (TPSA) is 30.5 Å². The first-order chi connectivity index (χ1) is 11.3. The predicted octanol–water partition coefficient (Wildman–Crippen LogP) is 4.30. The van der Waals surface area contributed by atoms with Gasteiger partial charge in [0.1, 0.15) is 11.9 Å².